The Kier molecular flexibility index (Phi) is 4.21. The molecule has 1 atom stereocenters. The van der Waals surface area contributed by atoms with Gasteiger partial charge < -0.3 is 5.73 Å². The molecular formula is C12H17N5. The van der Waals surface area contributed by atoms with Crippen LogP contribution in [-0.2, 0) is 6.42 Å². The number of hydrogen-bond acceptors (Lipinski definition) is 4. The van der Waals surface area contributed by atoms with Gasteiger partial charge in [0.15, 0.2) is 5.82 Å². The Balaban J connectivity index is 1.81. The SMILES string of the molecule is NCC(CCCc1ccccc1)c1nnn[nH]1. The van der Waals surface area contributed by atoms with Crippen molar-refractivity contribution in [3.05, 3.63) is 41.7 Å². The van der Waals surface area contributed by atoms with Gasteiger partial charge in [-0.2, -0.15) is 0 Å². The molecule has 0 spiro atoms. The molecule has 17 heavy (non-hydrogen) atoms. The lowest BCUT2D eigenvalue weighted by atomic mass is 9.99. The van der Waals surface area contributed by atoms with Crippen LogP contribution in [-0.4, -0.2) is 27.2 Å². The van der Waals surface area contributed by atoms with Crippen LogP contribution >= 0.6 is 0 Å². The van der Waals surface area contributed by atoms with Crippen LogP contribution in [0.3, 0.4) is 0 Å². The number of aryl methyl sites for hydroxylation is 1. The van der Waals surface area contributed by atoms with Crippen molar-refractivity contribution in [2.45, 2.75) is 25.2 Å². The third kappa shape index (κ3) is 3.35. The number of aromatic amines is 1. The molecular weight excluding hydrogens is 214 g/mol. The molecule has 0 fully saturated rings. The first kappa shape index (κ1) is 11.7. The van der Waals surface area contributed by atoms with Gasteiger partial charge in [0.1, 0.15) is 0 Å². The van der Waals surface area contributed by atoms with E-state index in [9.17, 15) is 0 Å². The van der Waals surface area contributed by atoms with Crippen LogP contribution in [0.1, 0.15) is 30.1 Å². The molecule has 0 saturated heterocycles. The van der Waals surface area contributed by atoms with E-state index in [0.29, 0.717) is 6.54 Å². The van der Waals surface area contributed by atoms with Crippen molar-refractivity contribution in [2.75, 3.05) is 6.54 Å². The fourth-order valence-electron chi connectivity index (χ4n) is 1.90. The smallest absolute Gasteiger partial charge is 0.152 e. The van der Waals surface area contributed by atoms with Crippen LogP contribution in [0.15, 0.2) is 30.3 Å². The van der Waals surface area contributed by atoms with Crippen LogP contribution in [0.2, 0.25) is 0 Å². The summed E-state index contributed by atoms with van der Waals surface area (Å²) in [4.78, 5) is 0. The van der Waals surface area contributed by atoms with E-state index in [4.69, 9.17) is 5.73 Å². The third-order valence-electron chi connectivity index (χ3n) is 2.89. The first-order chi connectivity index (χ1) is 8.40. The summed E-state index contributed by atoms with van der Waals surface area (Å²) in [5.74, 6) is 1.02. The fourth-order valence-corrected chi connectivity index (χ4v) is 1.90. The Bertz CT molecular complexity index is 412. The van der Waals surface area contributed by atoms with Gasteiger partial charge in [-0.05, 0) is 35.3 Å². The van der Waals surface area contributed by atoms with Crippen molar-refractivity contribution < 1.29 is 0 Å². The van der Waals surface area contributed by atoms with Gasteiger partial charge in [0.25, 0.3) is 0 Å². The lowest BCUT2D eigenvalue weighted by Gasteiger charge is -2.10. The molecule has 1 aromatic carbocycles. The average Bonchev–Trinajstić information content (AvgIpc) is 2.90. The van der Waals surface area contributed by atoms with E-state index >= 15 is 0 Å². The van der Waals surface area contributed by atoms with E-state index < -0.39 is 0 Å². The summed E-state index contributed by atoms with van der Waals surface area (Å²) in [5, 5.41) is 13.9. The van der Waals surface area contributed by atoms with Gasteiger partial charge in [-0.25, -0.2) is 5.10 Å². The number of nitrogens with two attached hydrogens (primary N) is 1. The number of hydrogen-bond donors (Lipinski definition) is 2. The molecule has 2 rings (SSSR count). The Hall–Kier alpha value is -1.75. The summed E-state index contributed by atoms with van der Waals surface area (Å²) in [6.45, 7) is 0.575. The predicted octanol–water partition coefficient (Wildman–Crippen LogP) is 1.26. The molecule has 3 N–H and O–H groups in total. The van der Waals surface area contributed by atoms with Gasteiger partial charge in [-0.3, -0.25) is 0 Å². The molecule has 1 heterocycles. The summed E-state index contributed by atoms with van der Waals surface area (Å²) in [6, 6.07) is 10.5. The monoisotopic (exact) mass is 231 g/mol. The lowest BCUT2D eigenvalue weighted by Crippen LogP contribution is -2.14. The van der Waals surface area contributed by atoms with Gasteiger partial charge in [0.05, 0.1) is 0 Å². The second-order valence-corrected chi connectivity index (χ2v) is 4.10. The molecule has 0 bridgehead atoms. The van der Waals surface area contributed by atoms with Crippen LogP contribution < -0.4 is 5.73 Å². The molecule has 0 aliphatic carbocycles. The molecule has 0 saturated carbocycles. The maximum absolute atomic E-state index is 5.73. The molecule has 5 heteroatoms. The van der Waals surface area contributed by atoms with E-state index in [1.165, 1.54) is 5.56 Å². The van der Waals surface area contributed by atoms with Gasteiger partial charge in [-0.1, -0.05) is 30.3 Å². The number of nitrogens with zero attached hydrogens (tertiary/aromatic N) is 3. The number of nitrogens with one attached hydrogen (secondary N) is 1. The number of aromatic nitrogens is 4. The van der Waals surface area contributed by atoms with Crippen LogP contribution in [0.5, 0.6) is 0 Å². The fraction of sp³-hybridized carbons (Fsp3) is 0.417. The number of rotatable bonds is 6. The number of H-pyrrole nitrogens is 1. The minimum atomic E-state index is 0.230. The van der Waals surface area contributed by atoms with E-state index in [2.05, 4.69) is 44.9 Å². The zero-order valence-electron chi connectivity index (χ0n) is 9.71. The molecule has 0 aliphatic rings. The molecule has 2 aromatic rings. The van der Waals surface area contributed by atoms with Crippen molar-refractivity contribution in [3.63, 3.8) is 0 Å². The van der Waals surface area contributed by atoms with E-state index in [1.807, 2.05) is 6.07 Å². The minimum absolute atomic E-state index is 0.230. The normalized spacial score (nSPS) is 12.5. The van der Waals surface area contributed by atoms with Crippen molar-refractivity contribution in [1.29, 1.82) is 0 Å². The summed E-state index contributed by atoms with van der Waals surface area (Å²) < 4.78 is 0. The molecule has 0 radical (unpaired) electrons. The molecule has 0 amide bonds. The van der Waals surface area contributed by atoms with E-state index in [1.54, 1.807) is 0 Å². The molecule has 0 aliphatic heterocycles. The van der Waals surface area contributed by atoms with Gasteiger partial charge in [0.2, 0.25) is 0 Å². The highest BCUT2D eigenvalue weighted by atomic mass is 15.5. The number of tetrazole rings is 1. The maximum Gasteiger partial charge on any atom is 0.152 e. The molecule has 5 nitrogen and oxygen atoms in total. The van der Waals surface area contributed by atoms with Crippen molar-refractivity contribution in [3.8, 4) is 0 Å². The molecule has 1 unspecified atom stereocenters. The summed E-state index contributed by atoms with van der Waals surface area (Å²) >= 11 is 0. The largest absolute Gasteiger partial charge is 0.330 e. The zero-order chi connectivity index (χ0) is 11.9. The molecule has 90 valence electrons. The Morgan fingerprint density at radius 3 is 2.71 bits per heavy atom. The highest BCUT2D eigenvalue weighted by Gasteiger charge is 2.12. The van der Waals surface area contributed by atoms with Crippen molar-refractivity contribution >= 4 is 0 Å². The predicted molar refractivity (Wildman–Crippen MR) is 65.4 cm³/mol. The Morgan fingerprint density at radius 1 is 1.24 bits per heavy atom. The first-order valence-corrected chi connectivity index (χ1v) is 5.87. The minimum Gasteiger partial charge on any atom is -0.330 e. The van der Waals surface area contributed by atoms with E-state index in [0.717, 1.165) is 25.1 Å². The van der Waals surface area contributed by atoms with Gasteiger partial charge >= 0.3 is 0 Å². The lowest BCUT2D eigenvalue weighted by molar-refractivity contribution is 0.571. The topological polar surface area (TPSA) is 80.5 Å². The van der Waals surface area contributed by atoms with Crippen LogP contribution in [0.25, 0.3) is 0 Å². The maximum atomic E-state index is 5.73. The number of benzene rings is 1. The Labute approximate surface area is 100 Å². The highest BCUT2D eigenvalue weighted by molar-refractivity contribution is 5.14. The summed E-state index contributed by atoms with van der Waals surface area (Å²) in [6.07, 6.45) is 3.16. The quantitative estimate of drug-likeness (QED) is 0.784. The Morgan fingerprint density at radius 2 is 2.06 bits per heavy atom. The van der Waals surface area contributed by atoms with Crippen molar-refractivity contribution in [2.24, 2.45) is 5.73 Å². The summed E-state index contributed by atoms with van der Waals surface area (Å²) in [5.41, 5.74) is 7.09. The first-order valence-electron chi connectivity index (χ1n) is 5.87. The third-order valence-corrected chi connectivity index (χ3v) is 2.89. The van der Waals surface area contributed by atoms with E-state index in [-0.39, 0.29) is 5.92 Å². The summed E-state index contributed by atoms with van der Waals surface area (Å²) in [7, 11) is 0. The van der Waals surface area contributed by atoms with Crippen LogP contribution in [0, 0.1) is 0 Å². The zero-order valence-corrected chi connectivity index (χ0v) is 9.71. The standard InChI is InChI=1S/C12H17N5/c13-9-11(12-14-16-17-15-12)8-4-7-10-5-2-1-3-6-10/h1-3,5-6,11H,4,7-9,13H2,(H,14,15,16,17). The van der Waals surface area contributed by atoms with Gasteiger partial charge in [-0.15, -0.1) is 5.10 Å². The second kappa shape index (κ2) is 6.10. The van der Waals surface area contributed by atoms with Crippen LogP contribution in [0.4, 0.5) is 0 Å². The van der Waals surface area contributed by atoms with Crippen molar-refractivity contribution in [1.82, 2.24) is 20.6 Å². The van der Waals surface area contributed by atoms with Gasteiger partial charge in [0, 0.05) is 12.5 Å². The second-order valence-electron chi connectivity index (χ2n) is 4.10. The highest BCUT2D eigenvalue weighted by Crippen LogP contribution is 2.16. The average molecular weight is 231 g/mol. The molecule has 1 aromatic heterocycles.